The summed E-state index contributed by atoms with van der Waals surface area (Å²) in [5, 5.41) is 7.89. The molecule has 0 unspecified atom stereocenters. The number of nitrogens with two attached hydrogens (primary N) is 1. The van der Waals surface area contributed by atoms with Gasteiger partial charge in [0.15, 0.2) is 5.65 Å². The molecular weight excluding hydrogens is 489 g/mol. The van der Waals surface area contributed by atoms with Crippen molar-refractivity contribution in [1.82, 2.24) is 24.6 Å². The first-order chi connectivity index (χ1) is 17.7. The van der Waals surface area contributed by atoms with E-state index in [2.05, 4.69) is 20.2 Å². The maximum absolute atomic E-state index is 13.3. The first kappa shape index (κ1) is 28.0. The number of ether oxygens (including phenoxy) is 3. The molecule has 0 saturated heterocycles. The number of hydrogen-bond acceptors (Lipinski definition) is 8. The van der Waals surface area contributed by atoms with Gasteiger partial charge < -0.3 is 19.9 Å². The predicted molar refractivity (Wildman–Crippen MR) is 132 cm³/mol. The molecule has 0 spiro atoms. The number of hydrogen-bond donors (Lipinski definition) is 1. The Morgan fingerprint density at radius 3 is 2.11 bits per heavy atom. The molecule has 4 rings (SSSR count). The summed E-state index contributed by atoms with van der Waals surface area (Å²) in [4.78, 5) is 8.01. The number of anilines is 1. The smallest absolute Gasteiger partial charge is 0.369 e. The van der Waals surface area contributed by atoms with Gasteiger partial charge in [-0.1, -0.05) is 30.3 Å². The third-order valence-electron chi connectivity index (χ3n) is 4.97. The Labute approximate surface area is 212 Å². The zero-order chi connectivity index (χ0) is 27.0. The van der Waals surface area contributed by atoms with E-state index in [4.69, 9.17) is 19.9 Å². The topological polar surface area (TPSA) is 110 Å². The highest BCUT2D eigenvalue weighted by atomic mass is 19.4. The Morgan fingerprint density at radius 2 is 1.54 bits per heavy atom. The second-order valence-electron chi connectivity index (χ2n) is 7.62. The van der Waals surface area contributed by atoms with Crippen LogP contribution in [0.5, 0.6) is 0 Å². The molecule has 0 fully saturated rings. The van der Waals surface area contributed by atoms with Crippen LogP contribution in [0.1, 0.15) is 32.2 Å². The van der Waals surface area contributed by atoms with E-state index in [1.54, 1.807) is 18.2 Å². The molecule has 2 N–H and O–H groups in total. The van der Waals surface area contributed by atoms with E-state index in [1.807, 2.05) is 39.0 Å². The van der Waals surface area contributed by atoms with Gasteiger partial charge in [0.05, 0.1) is 11.3 Å². The van der Waals surface area contributed by atoms with Gasteiger partial charge >= 0.3 is 6.18 Å². The molecule has 0 aliphatic rings. The molecule has 3 heterocycles. The average molecular weight is 519 g/mol. The summed E-state index contributed by atoms with van der Waals surface area (Å²) < 4.78 is 56.5. The number of rotatable bonds is 8. The number of halogens is 3. The summed E-state index contributed by atoms with van der Waals surface area (Å²) in [5.41, 5.74) is 7.39. The Hall–Kier alpha value is -3.61. The van der Waals surface area contributed by atoms with Gasteiger partial charge in [-0.05, 0) is 45.4 Å². The molecule has 9 nitrogen and oxygen atoms in total. The average Bonchev–Trinajstić information content (AvgIpc) is 3.35. The standard InChI is InChI=1S/C18H13F3N6.C7H16O3/c1-10-7-12(8-13(24-10)18(19,20)21)14-15(11-5-3-2-4-6-11)25-17(22)27-9-23-26-16(14)27;1-4-8-7(9-5-2)10-6-3/h2-9H,1H3,(H2,22,25);7H,4-6H2,1-3H3. The maximum atomic E-state index is 13.3. The molecule has 0 aliphatic carbocycles. The Bertz CT molecular complexity index is 1280. The Kier molecular flexibility index (Phi) is 9.50. The van der Waals surface area contributed by atoms with Gasteiger partial charge in [-0.3, -0.25) is 4.40 Å². The van der Waals surface area contributed by atoms with Crippen molar-refractivity contribution in [3.05, 3.63) is 60.2 Å². The van der Waals surface area contributed by atoms with Gasteiger partial charge in [-0.25, -0.2) is 9.97 Å². The molecule has 12 heteroatoms. The van der Waals surface area contributed by atoms with Crippen molar-refractivity contribution >= 4 is 11.6 Å². The molecule has 0 aliphatic heterocycles. The van der Waals surface area contributed by atoms with E-state index in [9.17, 15) is 13.2 Å². The van der Waals surface area contributed by atoms with E-state index in [0.717, 1.165) is 6.07 Å². The Balaban J connectivity index is 0.000000325. The molecule has 1 aromatic carbocycles. The van der Waals surface area contributed by atoms with E-state index >= 15 is 0 Å². The second-order valence-corrected chi connectivity index (χ2v) is 7.62. The van der Waals surface area contributed by atoms with Crippen LogP contribution in [0.2, 0.25) is 0 Å². The van der Waals surface area contributed by atoms with Crippen LogP contribution < -0.4 is 5.73 Å². The highest BCUT2D eigenvalue weighted by Gasteiger charge is 2.33. The van der Waals surface area contributed by atoms with E-state index in [0.29, 0.717) is 47.9 Å². The predicted octanol–water partition coefficient (Wildman–Crippen LogP) is 5.14. The lowest BCUT2D eigenvalue weighted by molar-refractivity contribution is -0.282. The molecule has 198 valence electrons. The van der Waals surface area contributed by atoms with Crippen LogP contribution >= 0.6 is 0 Å². The van der Waals surface area contributed by atoms with Crippen molar-refractivity contribution in [1.29, 1.82) is 0 Å². The van der Waals surface area contributed by atoms with Crippen molar-refractivity contribution in [3.8, 4) is 22.4 Å². The number of nitrogens with zero attached hydrogens (tertiary/aromatic N) is 5. The minimum absolute atomic E-state index is 0.138. The van der Waals surface area contributed by atoms with Crippen molar-refractivity contribution < 1.29 is 27.4 Å². The summed E-state index contributed by atoms with van der Waals surface area (Å²) in [6.07, 6.45) is -3.20. The molecule has 0 bridgehead atoms. The summed E-state index contributed by atoms with van der Waals surface area (Å²) in [6.45, 7) is 8.60. The summed E-state index contributed by atoms with van der Waals surface area (Å²) >= 11 is 0. The van der Waals surface area contributed by atoms with E-state index in [-0.39, 0.29) is 11.6 Å². The number of pyridine rings is 1. The third kappa shape index (κ3) is 7.00. The van der Waals surface area contributed by atoms with Gasteiger partial charge in [0.25, 0.3) is 6.48 Å². The minimum Gasteiger partial charge on any atom is -0.369 e. The van der Waals surface area contributed by atoms with Gasteiger partial charge in [0.2, 0.25) is 5.95 Å². The quantitative estimate of drug-likeness (QED) is 0.319. The van der Waals surface area contributed by atoms with Crippen molar-refractivity contribution in [2.75, 3.05) is 25.6 Å². The van der Waals surface area contributed by atoms with Gasteiger partial charge in [-0.2, -0.15) is 13.2 Å². The molecule has 3 aromatic heterocycles. The van der Waals surface area contributed by atoms with Crippen molar-refractivity contribution in [3.63, 3.8) is 0 Å². The van der Waals surface area contributed by atoms with Crippen LogP contribution in [0, 0.1) is 6.92 Å². The lowest BCUT2D eigenvalue weighted by atomic mass is 9.99. The molecule has 0 saturated carbocycles. The van der Waals surface area contributed by atoms with Crippen LogP contribution in [-0.2, 0) is 20.4 Å². The summed E-state index contributed by atoms with van der Waals surface area (Å²) in [6, 6.07) is 11.6. The van der Waals surface area contributed by atoms with E-state index in [1.165, 1.54) is 17.7 Å². The fourth-order valence-electron chi connectivity index (χ4n) is 3.48. The summed E-state index contributed by atoms with van der Waals surface area (Å²) in [5.74, 6) is 0.138. The van der Waals surface area contributed by atoms with E-state index < -0.39 is 18.3 Å². The monoisotopic (exact) mass is 518 g/mol. The fraction of sp³-hybridized carbons (Fsp3) is 0.360. The number of aromatic nitrogens is 5. The van der Waals surface area contributed by atoms with Crippen molar-refractivity contribution in [2.45, 2.75) is 40.3 Å². The number of alkyl halides is 3. The largest absolute Gasteiger partial charge is 0.433 e. The van der Waals surface area contributed by atoms with Crippen LogP contribution in [0.25, 0.3) is 28.0 Å². The van der Waals surface area contributed by atoms with Crippen LogP contribution in [-0.4, -0.2) is 50.9 Å². The Morgan fingerprint density at radius 1 is 0.919 bits per heavy atom. The van der Waals surface area contributed by atoms with Crippen LogP contribution in [0.15, 0.2) is 48.8 Å². The van der Waals surface area contributed by atoms with Crippen LogP contribution in [0.4, 0.5) is 19.1 Å². The molecule has 0 amide bonds. The fourth-order valence-corrected chi connectivity index (χ4v) is 3.48. The van der Waals surface area contributed by atoms with Crippen molar-refractivity contribution in [2.24, 2.45) is 0 Å². The zero-order valence-electron chi connectivity index (χ0n) is 21.0. The highest BCUT2D eigenvalue weighted by molar-refractivity contribution is 5.90. The van der Waals surface area contributed by atoms with Gasteiger partial charge in [0.1, 0.15) is 12.0 Å². The minimum atomic E-state index is -4.57. The second kappa shape index (κ2) is 12.6. The summed E-state index contributed by atoms with van der Waals surface area (Å²) in [7, 11) is 0. The molecule has 0 radical (unpaired) electrons. The normalized spacial score (nSPS) is 11.6. The third-order valence-corrected chi connectivity index (χ3v) is 4.97. The number of benzene rings is 1. The number of nitrogen functional groups attached to an aromatic ring is 1. The van der Waals surface area contributed by atoms with Crippen LogP contribution in [0.3, 0.4) is 0 Å². The van der Waals surface area contributed by atoms with Gasteiger partial charge in [0, 0.05) is 31.1 Å². The first-order valence-electron chi connectivity index (χ1n) is 11.6. The first-order valence-corrected chi connectivity index (χ1v) is 11.6. The molecular formula is C25H29F3N6O3. The molecule has 4 aromatic rings. The lowest BCUT2D eigenvalue weighted by Gasteiger charge is -2.15. The number of fused-ring (bicyclic) bond motifs is 1. The molecule has 37 heavy (non-hydrogen) atoms. The maximum Gasteiger partial charge on any atom is 0.433 e. The number of aryl methyl sites for hydroxylation is 1. The SMILES string of the molecule is CCOC(OCC)OCC.Cc1cc(-c2c(-c3ccccc3)nc(N)n3cnnc23)cc(C(F)(F)F)n1. The zero-order valence-corrected chi connectivity index (χ0v) is 21.0. The lowest BCUT2D eigenvalue weighted by Crippen LogP contribution is -2.20. The molecule has 0 atom stereocenters. The van der Waals surface area contributed by atoms with Gasteiger partial charge in [-0.15, -0.1) is 10.2 Å². The highest BCUT2D eigenvalue weighted by Crippen LogP contribution is 2.37.